The van der Waals surface area contributed by atoms with E-state index < -0.39 is 17.9 Å². The highest BCUT2D eigenvalue weighted by molar-refractivity contribution is 6.41. The molecule has 1 aromatic rings. The lowest BCUT2D eigenvalue weighted by Gasteiger charge is -2.21. The molecule has 0 aromatic carbocycles. The van der Waals surface area contributed by atoms with Gasteiger partial charge in [0.2, 0.25) is 0 Å². The van der Waals surface area contributed by atoms with Crippen molar-refractivity contribution in [1.29, 1.82) is 0 Å². The van der Waals surface area contributed by atoms with Crippen LogP contribution < -0.4 is 0 Å². The number of carboxylic acids is 1. The minimum absolute atomic E-state index is 0.229. The van der Waals surface area contributed by atoms with Crippen LogP contribution in [0.2, 0.25) is 10.2 Å². The fourth-order valence-corrected chi connectivity index (χ4v) is 2.70. The first kappa shape index (κ1) is 15.2. The molecule has 0 bridgehead atoms. The number of hydrogen-bond acceptors (Lipinski definition) is 3. The van der Waals surface area contributed by atoms with Crippen molar-refractivity contribution >= 4 is 35.1 Å². The van der Waals surface area contributed by atoms with E-state index in [4.69, 9.17) is 27.9 Å². The Morgan fingerprint density at radius 2 is 2.10 bits per heavy atom. The number of halogens is 2. The summed E-state index contributed by atoms with van der Waals surface area (Å²) in [5.41, 5.74) is 0.253. The van der Waals surface area contributed by atoms with Crippen LogP contribution >= 0.6 is 23.2 Å². The van der Waals surface area contributed by atoms with Crippen LogP contribution in [0.15, 0.2) is 6.07 Å². The number of hydrogen-bond donors (Lipinski definition) is 1. The van der Waals surface area contributed by atoms with Crippen LogP contribution in [0, 0.1) is 0 Å². The standard InChI is InChI=1S/C12H14Cl2N2O4/c1-15-8(4-7(13)10(15)14)11(17)16-5-6(20-2)3-9(16)12(18)19/h4,6,9H,3,5H2,1-2H3,(H,18,19). The molecule has 1 aliphatic heterocycles. The Labute approximate surface area is 125 Å². The number of aromatic nitrogens is 1. The fourth-order valence-electron chi connectivity index (χ4n) is 2.32. The second-order valence-corrected chi connectivity index (χ2v) is 5.40. The van der Waals surface area contributed by atoms with E-state index in [1.54, 1.807) is 7.05 Å². The molecule has 1 fully saturated rings. The lowest BCUT2D eigenvalue weighted by molar-refractivity contribution is -0.141. The molecule has 0 aliphatic carbocycles. The molecule has 2 heterocycles. The number of amides is 1. The number of likely N-dealkylation sites (tertiary alicyclic amines) is 1. The number of rotatable bonds is 3. The molecule has 2 rings (SSSR count). The summed E-state index contributed by atoms with van der Waals surface area (Å²) in [5.74, 6) is -1.47. The van der Waals surface area contributed by atoms with Gasteiger partial charge >= 0.3 is 5.97 Å². The normalized spacial score (nSPS) is 22.3. The summed E-state index contributed by atoms with van der Waals surface area (Å²) < 4.78 is 6.59. The van der Waals surface area contributed by atoms with Gasteiger partial charge in [-0.25, -0.2) is 4.79 Å². The smallest absolute Gasteiger partial charge is 0.326 e. The highest BCUT2D eigenvalue weighted by atomic mass is 35.5. The van der Waals surface area contributed by atoms with Gasteiger partial charge in [-0.2, -0.15) is 0 Å². The molecule has 1 N–H and O–H groups in total. The molecule has 1 saturated heterocycles. The van der Waals surface area contributed by atoms with E-state index in [0.29, 0.717) is 0 Å². The number of ether oxygens (including phenoxy) is 1. The Morgan fingerprint density at radius 3 is 2.55 bits per heavy atom. The Bertz CT molecular complexity index is 558. The molecule has 0 saturated carbocycles. The Morgan fingerprint density at radius 1 is 1.45 bits per heavy atom. The lowest BCUT2D eigenvalue weighted by atomic mass is 10.2. The highest BCUT2D eigenvalue weighted by Crippen LogP contribution is 2.28. The molecule has 110 valence electrons. The zero-order valence-electron chi connectivity index (χ0n) is 11.0. The summed E-state index contributed by atoms with van der Waals surface area (Å²) in [7, 11) is 3.09. The van der Waals surface area contributed by atoms with E-state index in [2.05, 4.69) is 0 Å². The van der Waals surface area contributed by atoms with Gasteiger partial charge in [0, 0.05) is 27.1 Å². The van der Waals surface area contributed by atoms with Crippen molar-refractivity contribution in [3.63, 3.8) is 0 Å². The van der Waals surface area contributed by atoms with Crippen molar-refractivity contribution in [2.45, 2.75) is 18.6 Å². The third-order valence-electron chi connectivity index (χ3n) is 3.48. The maximum absolute atomic E-state index is 12.5. The minimum atomic E-state index is -1.05. The maximum atomic E-state index is 12.5. The van der Waals surface area contributed by atoms with Gasteiger partial charge in [-0.15, -0.1) is 0 Å². The maximum Gasteiger partial charge on any atom is 0.326 e. The van der Waals surface area contributed by atoms with E-state index >= 15 is 0 Å². The van der Waals surface area contributed by atoms with Gasteiger partial charge in [-0.3, -0.25) is 4.79 Å². The highest BCUT2D eigenvalue weighted by Gasteiger charge is 2.41. The molecule has 8 heteroatoms. The number of methoxy groups -OCH3 is 1. The molecular weight excluding hydrogens is 307 g/mol. The van der Waals surface area contributed by atoms with Crippen LogP contribution in [0.25, 0.3) is 0 Å². The summed E-state index contributed by atoms with van der Waals surface area (Å²) >= 11 is 11.8. The Balaban J connectivity index is 2.31. The van der Waals surface area contributed by atoms with E-state index in [1.807, 2.05) is 0 Å². The second-order valence-electron chi connectivity index (χ2n) is 4.63. The van der Waals surface area contributed by atoms with Gasteiger partial charge in [-0.1, -0.05) is 23.2 Å². The summed E-state index contributed by atoms with van der Waals surface area (Å²) in [6.07, 6.45) is -0.0185. The van der Waals surface area contributed by atoms with Crippen LogP contribution in [0.5, 0.6) is 0 Å². The first-order chi connectivity index (χ1) is 9.36. The SMILES string of the molecule is COC1CC(C(=O)O)N(C(=O)c2cc(Cl)c(Cl)n2C)C1. The van der Waals surface area contributed by atoms with E-state index in [1.165, 1.54) is 22.6 Å². The van der Waals surface area contributed by atoms with Gasteiger partial charge in [0.05, 0.1) is 11.1 Å². The zero-order chi connectivity index (χ0) is 15.0. The molecule has 0 radical (unpaired) electrons. The summed E-state index contributed by atoms with van der Waals surface area (Å²) in [4.78, 5) is 25.0. The van der Waals surface area contributed by atoms with Gasteiger partial charge in [0.15, 0.2) is 0 Å². The summed E-state index contributed by atoms with van der Waals surface area (Å²) in [5, 5.41) is 9.71. The monoisotopic (exact) mass is 320 g/mol. The van der Waals surface area contributed by atoms with Crippen LogP contribution in [-0.2, 0) is 16.6 Å². The van der Waals surface area contributed by atoms with Crippen molar-refractivity contribution in [1.82, 2.24) is 9.47 Å². The topological polar surface area (TPSA) is 71.8 Å². The number of carbonyl (C=O) groups excluding carboxylic acids is 1. The summed E-state index contributed by atoms with van der Waals surface area (Å²) in [6, 6.07) is 0.533. The lowest BCUT2D eigenvalue weighted by Crippen LogP contribution is -2.41. The van der Waals surface area contributed by atoms with Crippen molar-refractivity contribution in [2.24, 2.45) is 7.05 Å². The molecule has 1 amide bonds. The largest absolute Gasteiger partial charge is 0.480 e. The first-order valence-electron chi connectivity index (χ1n) is 5.94. The fraction of sp³-hybridized carbons (Fsp3) is 0.500. The van der Waals surface area contributed by atoms with Crippen LogP contribution in [0.4, 0.5) is 0 Å². The van der Waals surface area contributed by atoms with Crippen molar-refractivity contribution < 1.29 is 19.4 Å². The average Bonchev–Trinajstić information content (AvgIpc) is 2.95. The predicted octanol–water partition coefficient (Wildman–Crippen LogP) is 1.65. The van der Waals surface area contributed by atoms with E-state index in [0.717, 1.165) is 0 Å². The molecule has 0 spiro atoms. The van der Waals surface area contributed by atoms with E-state index in [-0.39, 0.29) is 34.9 Å². The average molecular weight is 321 g/mol. The number of carboxylic acid groups (broad SMARTS) is 1. The first-order valence-corrected chi connectivity index (χ1v) is 6.69. The molecule has 20 heavy (non-hydrogen) atoms. The van der Waals surface area contributed by atoms with Crippen molar-refractivity contribution in [2.75, 3.05) is 13.7 Å². The number of carbonyl (C=O) groups is 2. The summed E-state index contributed by atoms with van der Waals surface area (Å²) in [6.45, 7) is 0.229. The number of aliphatic carboxylic acids is 1. The van der Waals surface area contributed by atoms with Gasteiger partial charge in [-0.05, 0) is 6.07 Å². The third kappa shape index (κ3) is 2.51. The predicted molar refractivity (Wildman–Crippen MR) is 73.3 cm³/mol. The quantitative estimate of drug-likeness (QED) is 0.919. The molecule has 1 aromatic heterocycles. The van der Waals surface area contributed by atoms with Crippen molar-refractivity contribution in [3.05, 3.63) is 21.9 Å². The molecule has 1 aliphatic rings. The molecule has 2 atom stereocenters. The van der Waals surface area contributed by atoms with Crippen molar-refractivity contribution in [3.8, 4) is 0 Å². The van der Waals surface area contributed by atoms with Crippen LogP contribution in [0.3, 0.4) is 0 Å². The third-order valence-corrected chi connectivity index (χ3v) is 4.32. The Hall–Kier alpha value is -1.24. The number of nitrogens with zero attached hydrogens (tertiary/aromatic N) is 2. The zero-order valence-corrected chi connectivity index (χ0v) is 12.5. The van der Waals surface area contributed by atoms with Gasteiger partial charge in [0.25, 0.3) is 5.91 Å². The van der Waals surface area contributed by atoms with Crippen LogP contribution in [-0.4, -0.2) is 52.3 Å². The van der Waals surface area contributed by atoms with Gasteiger partial charge in [0.1, 0.15) is 16.9 Å². The Kier molecular flexibility index (Phi) is 4.27. The molecular formula is C12H14Cl2N2O4. The second kappa shape index (κ2) is 5.63. The molecule has 6 nitrogen and oxygen atoms in total. The molecule has 2 unspecified atom stereocenters. The van der Waals surface area contributed by atoms with E-state index in [9.17, 15) is 14.7 Å². The van der Waals surface area contributed by atoms with Gasteiger partial charge < -0.3 is 19.3 Å². The minimum Gasteiger partial charge on any atom is -0.480 e. The van der Waals surface area contributed by atoms with Crippen LogP contribution in [0.1, 0.15) is 16.9 Å².